The van der Waals surface area contributed by atoms with E-state index in [0.29, 0.717) is 5.78 Å². The first kappa shape index (κ1) is 16.9. The van der Waals surface area contributed by atoms with Gasteiger partial charge in [-0.25, -0.2) is 0 Å². The Morgan fingerprint density at radius 3 is 2.33 bits per heavy atom. The summed E-state index contributed by atoms with van der Waals surface area (Å²) in [6, 6.07) is 18.5. The molecule has 0 saturated carbocycles. The molecule has 126 valence electrons. The molecule has 0 radical (unpaired) electrons. The Hall–Kier alpha value is -1.93. The van der Waals surface area contributed by atoms with E-state index in [1.54, 1.807) is 0 Å². The van der Waals surface area contributed by atoms with Gasteiger partial charge in [0.1, 0.15) is 0 Å². The van der Waals surface area contributed by atoms with Gasteiger partial charge in [-0.1, -0.05) is 68.4 Å². The molecule has 2 heteroatoms. The van der Waals surface area contributed by atoms with E-state index in [1.807, 2.05) is 24.3 Å². The first-order valence-corrected chi connectivity index (χ1v) is 9.12. The third-order valence-electron chi connectivity index (χ3n) is 5.59. The molecule has 0 bridgehead atoms. The van der Waals surface area contributed by atoms with Gasteiger partial charge in [-0.2, -0.15) is 0 Å². The second kappa shape index (κ2) is 7.31. The van der Waals surface area contributed by atoms with E-state index in [0.717, 1.165) is 44.5 Å². The summed E-state index contributed by atoms with van der Waals surface area (Å²) < 4.78 is 0. The van der Waals surface area contributed by atoms with Gasteiger partial charge in [-0.05, 0) is 50.0 Å². The molecule has 2 aromatic carbocycles. The molecule has 0 fully saturated rings. The van der Waals surface area contributed by atoms with Crippen LogP contribution < -0.4 is 0 Å². The maximum Gasteiger partial charge on any atom is 0.173 e. The second-order valence-corrected chi connectivity index (χ2v) is 6.71. The second-order valence-electron chi connectivity index (χ2n) is 6.71. The van der Waals surface area contributed by atoms with Gasteiger partial charge in [-0.3, -0.25) is 4.79 Å². The van der Waals surface area contributed by atoms with E-state index in [9.17, 15) is 4.79 Å². The number of nitrogens with zero attached hydrogens (tertiary/aromatic N) is 1. The monoisotopic (exact) mass is 321 g/mol. The predicted octanol–water partition coefficient (Wildman–Crippen LogP) is 4.49. The number of carbonyl (C=O) groups excluding carboxylic acids is 1. The quantitative estimate of drug-likeness (QED) is 0.781. The number of carbonyl (C=O) groups is 1. The van der Waals surface area contributed by atoms with Gasteiger partial charge >= 0.3 is 0 Å². The van der Waals surface area contributed by atoms with Crippen LogP contribution >= 0.6 is 0 Å². The molecule has 1 atom stereocenters. The van der Waals surface area contributed by atoms with Gasteiger partial charge in [-0.15, -0.1) is 0 Å². The van der Waals surface area contributed by atoms with Crippen molar-refractivity contribution < 1.29 is 4.79 Å². The van der Waals surface area contributed by atoms with Crippen LogP contribution in [0.25, 0.3) is 0 Å². The van der Waals surface area contributed by atoms with Crippen LogP contribution in [0.2, 0.25) is 0 Å². The van der Waals surface area contributed by atoms with Crippen molar-refractivity contribution in [2.75, 3.05) is 19.6 Å². The number of rotatable bonds is 6. The lowest BCUT2D eigenvalue weighted by molar-refractivity contribution is 0.0834. The van der Waals surface area contributed by atoms with Gasteiger partial charge in [0.05, 0.1) is 5.41 Å². The number of benzene rings is 2. The molecule has 2 aromatic rings. The molecule has 24 heavy (non-hydrogen) atoms. The summed E-state index contributed by atoms with van der Waals surface area (Å²) >= 11 is 0. The molecule has 0 aliphatic heterocycles. The van der Waals surface area contributed by atoms with Crippen LogP contribution in [0, 0.1) is 0 Å². The summed E-state index contributed by atoms with van der Waals surface area (Å²) in [6.07, 6.45) is 2.79. The lowest BCUT2D eigenvalue weighted by Gasteiger charge is -2.38. The highest BCUT2D eigenvalue weighted by Gasteiger charge is 2.43. The summed E-state index contributed by atoms with van der Waals surface area (Å²) in [5.74, 6) is 0.308. The molecule has 2 nitrogen and oxygen atoms in total. The number of aryl methyl sites for hydroxylation is 1. The summed E-state index contributed by atoms with van der Waals surface area (Å²) in [5, 5.41) is 0. The third kappa shape index (κ3) is 3.03. The van der Waals surface area contributed by atoms with Crippen LogP contribution in [0.15, 0.2) is 54.6 Å². The Bertz CT molecular complexity index is 690. The molecule has 1 unspecified atom stereocenters. The molecule has 1 aliphatic carbocycles. The van der Waals surface area contributed by atoms with Crippen molar-refractivity contribution in [3.05, 3.63) is 71.3 Å². The lowest BCUT2D eigenvalue weighted by atomic mass is 9.64. The van der Waals surface area contributed by atoms with Gasteiger partial charge in [0, 0.05) is 5.56 Å². The molecular formula is C22H27NO. The van der Waals surface area contributed by atoms with E-state index in [4.69, 9.17) is 0 Å². The minimum Gasteiger partial charge on any atom is -0.304 e. The van der Waals surface area contributed by atoms with E-state index < -0.39 is 0 Å². The van der Waals surface area contributed by atoms with Crippen LogP contribution in [-0.4, -0.2) is 30.3 Å². The Balaban J connectivity index is 1.99. The van der Waals surface area contributed by atoms with Gasteiger partial charge < -0.3 is 4.90 Å². The van der Waals surface area contributed by atoms with Crippen molar-refractivity contribution in [2.45, 2.75) is 38.5 Å². The van der Waals surface area contributed by atoms with Crippen molar-refractivity contribution in [1.82, 2.24) is 4.90 Å². The van der Waals surface area contributed by atoms with Crippen LogP contribution in [-0.2, 0) is 11.8 Å². The van der Waals surface area contributed by atoms with Gasteiger partial charge in [0.2, 0.25) is 0 Å². The highest BCUT2D eigenvalue weighted by molar-refractivity contribution is 6.06. The number of hydrogen-bond acceptors (Lipinski definition) is 2. The van der Waals surface area contributed by atoms with Crippen LogP contribution in [0.4, 0.5) is 0 Å². The Kier molecular flexibility index (Phi) is 5.15. The van der Waals surface area contributed by atoms with Crippen LogP contribution in [0.3, 0.4) is 0 Å². The summed E-state index contributed by atoms with van der Waals surface area (Å²) in [7, 11) is 0. The fraction of sp³-hybridized carbons (Fsp3) is 0.409. The van der Waals surface area contributed by atoms with E-state index in [1.165, 1.54) is 11.1 Å². The molecule has 0 saturated heterocycles. The predicted molar refractivity (Wildman–Crippen MR) is 99.6 cm³/mol. The van der Waals surface area contributed by atoms with Crippen molar-refractivity contribution in [3.8, 4) is 0 Å². The number of hydrogen-bond donors (Lipinski definition) is 0. The Morgan fingerprint density at radius 1 is 0.958 bits per heavy atom. The first-order chi connectivity index (χ1) is 11.7. The lowest BCUT2D eigenvalue weighted by Crippen LogP contribution is -2.43. The van der Waals surface area contributed by atoms with Crippen molar-refractivity contribution >= 4 is 5.78 Å². The standard InChI is InChI=1S/C22H27NO/c1-3-23(4-2)17-16-22(19-11-6-5-7-12-19)15-14-18-10-8-9-13-20(18)21(22)24/h5-13H,3-4,14-17H2,1-2H3. The molecule has 3 rings (SSSR count). The highest BCUT2D eigenvalue weighted by Crippen LogP contribution is 2.41. The topological polar surface area (TPSA) is 20.3 Å². The van der Waals surface area contributed by atoms with E-state index >= 15 is 0 Å². The zero-order valence-corrected chi connectivity index (χ0v) is 14.8. The largest absolute Gasteiger partial charge is 0.304 e. The van der Waals surface area contributed by atoms with E-state index in [2.05, 4.69) is 49.1 Å². The summed E-state index contributed by atoms with van der Waals surface area (Å²) in [5.41, 5.74) is 2.93. The number of fused-ring (bicyclic) bond motifs is 1. The minimum atomic E-state index is -0.377. The Morgan fingerprint density at radius 2 is 1.62 bits per heavy atom. The first-order valence-electron chi connectivity index (χ1n) is 9.12. The SMILES string of the molecule is CCN(CC)CCC1(c2ccccc2)CCc2ccccc2C1=O. The maximum absolute atomic E-state index is 13.5. The minimum absolute atomic E-state index is 0.308. The normalized spacial score (nSPS) is 20.2. The van der Waals surface area contributed by atoms with Crippen LogP contribution in [0.1, 0.15) is 48.2 Å². The zero-order chi connectivity index (χ0) is 17.0. The molecule has 0 heterocycles. The molecular weight excluding hydrogens is 294 g/mol. The fourth-order valence-corrected chi connectivity index (χ4v) is 3.98. The fourth-order valence-electron chi connectivity index (χ4n) is 3.98. The average Bonchev–Trinajstić information content (AvgIpc) is 2.65. The zero-order valence-electron chi connectivity index (χ0n) is 14.8. The number of Topliss-reactive ketones (excluding diaryl/α,β-unsaturated/α-hetero) is 1. The van der Waals surface area contributed by atoms with Crippen molar-refractivity contribution in [2.24, 2.45) is 0 Å². The molecule has 0 spiro atoms. The third-order valence-corrected chi connectivity index (χ3v) is 5.59. The highest BCUT2D eigenvalue weighted by atomic mass is 16.1. The molecule has 0 amide bonds. The van der Waals surface area contributed by atoms with E-state index in [-0.39, 0.29) is 5.41 Å². The summed E-state index contributed by atoms with van der Waals surface area (Å²) in [4.78, 5) is 15.9. The van der Waals surface area contributed by atoms with Gasteiger partial charge in [0.25, 0.3) is 0 Å². The molecule has 1 aliphatic rings. The average molecular weight is 321 g/mol. The van der Waals surface area contributed by atoms with Crippen molar-refractivity contribution in [3.63, 3.8) is 0 Å². The van der Waals surface area contributed by atoms with Gasteiger partial charge in [0.15, 0.2) is 5.78 Å². The van der Waals surface area contributed by atoms with Crippen molar-refractivity contribution in [1.29, 1.82) is 0 Å². The maximum atomic E-state index is 13.5. The smallest absolute Gasteiger partial charge is 0.173 e. The summed E-state index contributed by atoms with van der Waals surface area (Å²) in [6.45, 7) is 7.42. The Labute approximate surface area is 145 Å². The number of ketones is 1. The molecule has 0 aromatic heterocycles. The van der Waals surface area contributed by atoms with Crippen LogP contribution in [0.5, 0.6) is 0 Å². The molecule has 0 N–H and O–H groups in total.